The summed E-state index contributed by atoms with van der Waals surface area (Å²) in [6, 6.07) is 15.6. The van der Waals surface area contributed by atoms with Crippen LogP contribution in [0.2, 0.25) is 0 Å². The van der Waals surface area contributed by atoms with E-state index in [4.69, 9.17) is 23.7 Å². The molecule has 0 aliphatic carbocycles. The number of nitrogens with one attached hydrogen (secondary N) is 1. The number of aryl methyl sites for hydroxylation is 1. The first-order valence-corrected chi connectivity index (χ1v) is 16.0. The average molecular weight is 608 g/mol. The summed E-state index contributed by atoms with van der Waals surface area (Å²) < 4.78 is 31.4. The lowest BCUT2D eigenvalue weighted by atomic mass is 9.83. The molecule has 1 fully saturated rings. The zero-order chi connectivity index (χ0) is 30.7. The van der Waals surface area contributed by atoms with Crippen molar-refractivity contribution in [1.29, 1.82) is 0 Å². The lowest BCUT2D eigenvalue weighted by Crippen LogP contribution is -2.48. The highest BCUT2D eigenvalue weighted by Crippen LogP contribution is 2.35. The maximum Gasteiger partial charge on any atom is 0.142 e. The summed E-state index contributed by atoms with van der Waals surface area (Å²) in [6.07, 6.45) is 4.65. The van der Waals surface area contributed by atoms with Crippen molar-refractivity contribution in [2.45, 2.75) is 70.5 Å². The Morgan fingerprint density at radius 3 is 2.73 bits per heavy atom. The Morgan fingerprint density at radius 2 is 1.95 bits per heavy atom. The summed E-state index contributed by atoms with van der Waals surface area (Å²) in [5.41, 5.74) is 4.74. The van der Waals surface area contributed by atoms with Crippen molar-refractivity contribution in [2.75, 3.05) is 58.1 Å². The molecule has 0 spiro atoms. The lowest BCUT2D eigenvalue weighted by Gasteiger charge is -2.37. The van der Waals surface area contributed by atoms with E-state index in [2.05, 4.69) is 62.9 Å². The number of hydrogen-bond donors (Lipinski definition) is 1. The second kappa shape index (κ2) is 16.3. The number of rotatable bonds is 16. The third-order valence-electron chi connectivity index (χ3n) is 8.53. The van der Waals surface area contributed by atoms with Crippen LogP contribution < -0.4 is 15.0 Å². The van der Waals surface area contributed by atoms with E-state index in [1.165, 1.54) is 5.56 Å². The second-order valence-electron chi connectivity index (χ2n) is 11.9. The van der Waals surface area contributed by atoms with Gasteiger partial charge in [-0.2, -0.15) is 0 Å². The van der Waals surface area contributed by atoms with Gasteiger partial charge in [0.1, 0.15) is 24.5 Å². The van der Waals surface area contributed by atoms with Crippen LogP contribution in [0.1, 0.15) is 55.1 Å². The van der Waals surface area contributed by atoms with Crippen LogP contribution in [0.3, 0.4) is 0 Å². The van der Waals surface area contributed by atoms with Crippen LogP contribution in [0.4, 0.5) is 5.69 Å². The molecule has 4 atom stereocenters. The number of methoxy groups -OCH3 is 1. The molecule has 10 heteroatoms. The van der Waals surface area contributed by atoms with E-state index in [1.54, 1.807) is 13.4 Å². The second-order valence-corrected chi connectivity index (χ2v) is 11.9. The van der Waals surface area contributed by atoms with Gasteiger partial charge in [-0.1, -0.05) is 30.3 Å². The van der Waals surface area contributed by atoms with Gasteiger partial charge in [0.25, 0.3) is 0 Å². The minimum absolute atomic E-state index is 0.0324. The molecule has 44 heavy (non-hydrogen) atoms. The van der Waals surface area contributed by atoms with Crippen LogP contribution in [-0.2, 0) is 45.6 Å². The molecule has 0 amide bonds. The summed E-state index contributed by atoms with van der Waals surface area (Å²) in [7, 11) is 3.75. The van der Waals surface area contributed by atoms with Crippen molar-refractivity contribution in [3.8, 4) is 5.75 Å². The fourth-order valence-electron chi connectivity index (χ4n) is 6.14. The predicted octanol–water partition coefficient (Wildman–Crippen LogP) is 4.27. The molecule has 2 aliphatic heterocycles. The highest BCUT2D eigenvalue weighted by molar-refractivity contribution is 5.61. The molecule has 5 rings (SSSR count). The topological polar surface area (TPSA) is 92.1 Å². The number of piperidine rings is 1. The summed E-state index contributed by atoms with van der Waals surface area (Å²) in [5.74, 6) is 2.17. The number of hydrogen-bond acceptors (Lipinski definition) is 9. The van der Waals surface area contributed by atoms with Gasteiger partial charge in [-0.25, -0.2) is 0 Å². The molecule has 2 aromatic carbocycles. The van der Waals surface area contributed by atoms with E-state index in [9.17, 15) is 0 Å². The minimum atomic E-state index is 0.0324. The number of ether oxygens (including phenoxy) is 5. The highest BCUT2D eigenvalue weighted by atomic mass is 16.5. The van der Waals surface area contributed by atoms with Crippen molar-refractivity contribution in [2.24, 2.45) is 7.05 Å². The third-order valence-corrected chi connectivity index (χ3v) is 8.53. The molecule has 3 heterocycles. The van der Waals surface area contributed by atoms with Gasteiger partial charge in [0.15, 0.2) is 0 Å². The maximum absolute atomic E-state index is 6.70. The van der Waals surface area contributed by atoms with Gasteiger partial charge < -0.3 is 38.5 Å². The SMILES string of the molecule is CCOC(C)COCc1ccc([C@H]2C[C@H](Cc3nncn3C)NC[C@@H]2OCc2ccc3c(c2)N(CCCOC)CCO3)cc1. The van der Waals surface area contributed by atoms with E-state index < -0.39 is 0 Å². The van der Waals surface area contributed by atoms with Gasteiger partial charge >= 0.3 is 0 Å². The van der Waals surface area contributed by atoms with Crippen LogP contribution in [0, 0.1) is 0 Å². The van der Waals surface area contributed by atoms with Gasteiger partial charge in [0.05, 0.1) is 44.3 Å². The molecule has 1 unspecified atom stereocenters. The van der Waals surface area contributed by atoms with Crippen molar-refractivity contribution in [1.82, 2.24) is 20.1 Å². The molecular formula is C34H49N5O5. The Kier molecular flexibility index (Phi) is 12.0. The molecule has 240 valence electrons. The molecule has 3 aromatic rings. The smallest absolute Gasteiger partial charge is 0.142 e. The number of anilines is 1. The normalized spacial score (nSPS) is 20.7. The first kappa shape index (κ1) is 32.4. The Labute approximate surface area is 262 Å². The standard InChI is InChI=1S/C34H49N5O5/c1-5-42-25(2)21-41-22-26-7-10-28(11-8-26)30-18-29(19-34-37-36-24-38(34)3)35-20-33(30)44-23-27-9-12-32-31(17-27)39(14-16-43-32)13-6-15-40-4/h7-12,17,24-25,29-30,33,35H,5-6,13-16,18-23H2,1-4H3/t25?,29-,30-,33+/m1/s1. The lowest BCUT2D eigenvalue weighted by molar-refractivity contribution is -0.00718. The molecule has 0 radical (unpaired) electrons. The number of aromatic nitrogens is 3. The number of benzene rings is 2. The third kappa shape index (κ3) is 8.79. The quantitative estimate of drug-likeness (QED) is 0.240. The molecule has 0 saturated carbocycles. The van der Waals surface area contributed by atoms with Gasteiger partial charge in [-0.05, 0) is 55.5 Å². The summed E-state index contributed by atoms with van der Waals surface area (Å²) >= 11 is 0. The summed E-state index contributed by atoms with van der Waals surface area (Å²) in [6.45, 7) is 10.5. The monoisotopic (exact) mass is 607 g/mol. The molecule has 0 bridgehead atoms. The maximum atomic E-state index is 6.70. The molecule has 1 aromatic heterocycles. The minimum Gasteiger partial charge on any atom is -0.490 e. The Balaban J connectivity index is 1.25. The molecular weight excluding hydrogens is 558 g/mol. The van der Waals surface area contributed by atoms with Gasteiger partial charge in [-0.15, -0.1) is 10.2 Å². The number of nitrogens with zero attached hydrogens (tertiary/aromatic N) is 4. The molecule has 1 N–H and O–H groups in total. The van der Waals surface area contributed by atoms with Crippen molar-refractivity contribution >= 4 is 5.69 Å². The Bertz CT molecular complexity index is 1290. The van der Waals surface area contributed by atoms with E-state index in [0.29, 0.717) is 33.0 Å². The largest absolute Gasteiger partial charge is 0.490 e. The van der Waals surface area contributed by atoms with Crippen LogP contribution in [0.15, 0.2) is 48.8 Å². The van der Waals surface area contributed by atoms with Crippen molar-refractivity contribution in [3.05, 3.63) is 71.3 Å². The first-order valence-electron chi connectivity index (χ1n) is 16.0. The van der Waals surface area contributed by atoms with E-state index in [0.717, 1.165) is 73.9 Å². The zero-order valence-corrected chi connectivity index (χ0v) is 26.7. The number of fused-ring (bicyclic) bond motifs is 1. The molecule has 2 aliphatic rings. The van der Waals surface area contributed by atoms with Gasteiger partial charge in [0.2, 0.25) is 0 Å². The van der Waals surface area contributed by atoms with E-state index >= 15 is 0 Å². The first-order chi connectivity index (χ1) is 21.5. The van der Waals surface area contributed by atoms with Crippen LogP contribution in [-0.4, -0.2) is 86.2 Å². The predicted molar refractivity (Wildman–Crippen MR) is 170 cm³/mol. The molecule has 1 saturated heterocycles. The Hall–Kier alpha value is -3.02. The fourth-order valence-corrected chi connectivity index (χ4v) is 6.14. The van der Waals surface area contributed by atoms with Crippen LogP contribution >= 0.6 is 0 Å². The summed E-state index contributed by atoms with van der Waals surface area (Å²) in [4.78, 5) is 2.39. The van der Waals surface area contributed by atoms with Crippen molar-refractivity contribution < 1.29 is 23.7 Å². The van der Waals surface area contributed by atoms with Gasteiger partial charge in [-0.3, -0.25) is 0 Å². The van der Waals surface area contributed by atoms with Crippen LogP contribution in [0.5, 0.6) is 5.75 Å². The highest BCUT2D eigenvalue weighted by Gasteiger charge is 2.33. The average Bonchev–Trinajstić information content (AvgIpc) is 3.44. The molecule has 10 nitrogen and oxygen atoms in total. The Morgan fingerprint density at radius 1 is 1.11 bits per heavy atom. The fraction of sp³-hybridized carbons (Fsp3) is 0.588. The van der Waals surface area contributed by atoms with E-state index in [-0.39, 0.29) is 24.2 Å². The zero-order valence-electron chi connectivity index (χ0n) is 26.7. The van der Waals surface area contributed by atoms with Gasteiger partial charge in [0, 0.05) is 58.8 Å². The van der Waals surface area contributed by atoms with E-state index in [1.807, 2.05) is 25.5 Å². The summed E-state index contributed by atoms with van der Waals surface area (Å²) in [5, 5.41) is 12.1. The van der Waals surface area contributed by atoms with Crippen LogP contribution in [0.25, 0.3) is 0 Å². The van der Waals surface area contributed by atoms with Crippen molar-refractivity contribution in [3.63, 3.8) is 0 Å².